The van der Waals surface area contributed by atoms with Crippen LogP contribution >= 0.6 is 11.6 Å². The minimum atomic E-state index is -0.403. The number of nitriles is 1. The molecule has 0 amide bonds. The molecular formula is C10H8ClN7. The van der Waals surface area contributed by atoms with Gasteiger partial charge < -0.3 is 5.73 Å². The Morgan fingerprint density at radius 1 is 1.61 bits per heavy atom. The van der Waals surface area contributed by atoms with Crippen LogP contribution in [0, 0.1) is 16.7 Å². The van der Waals surface area contributed by atoms with Crippen LogP contribution in [-0.4, -0.2) is 21.7 Å². The van der Waals surface area contributed by atoms with Crippen LogP contribution < -0.4 is 11.2 Å². The molecule has 2 rings (SSSR count). The van der Waals surface area contributed by atoms with Crippen molar-refractivity contribution in [2.24, 2.45) is 10.8 Å². The number of aromatic amines is 1. The highest BCUT2D eigenvalue weighted by atomic mass is 35.5. The number of anilines is 1. The number of fused-ring (bicyclic) bond motifs is 1. The van der Waals surface area contributed by atoms with Crippen LogP contribution in [0.1, 0.15) is 0 Å². The first kappa shape index (κ1) is 11.9. The Kier molecular flexibility index (Phi) is 3.12. The quantitative estimate of drug-likeness (QED) is 0.379. The molecule has 1 aromatic heterocycles. The van der Waals surface area contributed by atoms with Gasteiger partial charge in [0.25, 0.3) is 0 Å². The van der Waals surface area contributed by atoms with Crippen LogP contribution in [0.2, 0.25) is 5.02 Å². The molecule has 0 saturated carbocycles. The predicted octanol–water partition coefficient (Wildman–Crippen LogP) is 1.44. The molecule has 0 aliphatic rings. The van der Waals surface area contributed by atoms with Crippen molar-refractivity contribution in [2.45, 2.75) is 0 Å². The van der Waals surface area contributed by atoms with Crippen molar-refractivity contribution in [3.05, 3.63) is 23.4 Å². The van der Waals surface area contributed by atoms with E-state index in [4.69, 9.17) is 28.0 Å². The maximum atomic E-state index is 8.71. The third-order valence-corrected chi connectivity index (χ3v) is 2.54. The fraction of sp³-hybridized carbons (Fsp3) is 0. The minimum absolute atomic E-state index is 0.197. The number of nitrogens with two attached hydrogens (primary N) is 1. The molecule has 0 aliphatic heterocycles. The zero-order valence-corrected chi connectivity index (χ0v) is 9.78. The highest BCUT2D eigenvalue weighted by Gasteiger charge is 2.07. The molecule has 0 radical (unpaired) electrons. The molecule has 0 unspecified atom stereocenters. The van der Waals surface area contributed by atoms with Gasteiger partial charge in [-0.25, -0.2) is 0 Å². The number of rotatable bonds is 3. The van der Waals surface area contributed by atoms with Gasteiger partial charge in [0.15, 0.2) is 5.84 Å². The van der Waals surface area contributed by atoms with Crippen molar-refractivity contribution >= 4 is 39.7 Å². The number of hydrogen-bond acceptors (Lipinski definition) is 5. The highest BCUT2D eigenvalue weighted by Crippen LogP contribution is 2.27. The number of H-pyrrole nitrogens is 1. The normalized spacial score (nSPS) is 11.2. The Bertz CT molecular complexity index is 679. The van der Waals surface area contributed by atoms with E-state index in [1.165, 1.54) is 0 Å². The zero-order chi connectivity index (χ0) is 13.1. The second-order valence-electron chi connectivity index (χ2n) is 3.35. The van der Waals surface area contributed by atoms with E-state index >= 15 is 0 Å². The number of hydrazone groups is 1. The standard InChI is InChI=1S/C10H8ClN7/c11-6-1-2-7(9-5(6)4-15-18-9)16-17-8(3-12)10(13)14/h1-2,4,16H,(H3,13,14)(H,15,18)/b17-8+. The molecule has 0 fully saturated rings. The largest absolute Gasteiger partial charge is 0.382 e. The van der Waals surface area contributed by atoms with Gasteiger partial charge in [0.05, 0.1) is 22.4 Å². The average molecular weight is 262 g/mol. The lowest BCUT2D eigenvalue weighted by Gasteiger charge is -2.03. The first-order chi connectivity index (χ1) is 8.63. The number of hydrogen-bond donors (Lipinski definition) is 4. The average Bonchev–Trinajstić information content (AvgIpc) is 2.82. The lowest BCUT2D eigenvalue weighted by atomic mass is 10.2. The van der Waals surface area contributed by atoms with Gasteiger partial charge in [0, 0.05) is 5.39 Å². The van der Waals surface area contributed by atoms with E-state index < -0.39 is 5.84 Å². The minimum Gasteiger partial charge on any atom is -0.382 e. The van der Waals surface area contributed by atoms with E-state index in [1.807, 2.05) is 0 Å². The van der Waals surface area contributed by atoms with E-state index in [9.17, 15) is 0 Å². The maximum Gasteiger partial charge on any atom is 0.201 e. The molecule has 18 heavy (non-hydrogen) atoms. The number of halogens is 1. The number of benzene rings is 1. The second kappa shape index (κ2) is 4.73. The van der Waals surface area contributed by atoms with E-state index in [0.29, 0.717) is 16.2 Å². The number of nitrogens with one attached hydrogen (secondary N) is 3. The summed E-state index contributed by atoms with van der Waals surface area (Å²) in [6.45, 7) is 0. The molecule has 0 spiro atoms. The predicted molar refractivity (Wildman–Crippen MR) is 69.7 cm³/mol. The van der Waals surface area contributed by atoms with Crippen molar-refractivity contribution in [1.29, 1.82) is 10.7 Å². The summed E-state index contributed by atoms with van der Waals surface area (Å²) in [5, 5.41) is 27.5. The molecule has 8 heteroatoms. The third kappa shape index (κ3) is 2.09. The zero-order valence-electron chi connectivity index (χ0n) is 9.03. The van der Waals surface area contributed by atoms with Gasteiger partial charge in [-0.2, -0.15) is 15.5 Å². The Labute approximate surface area is 107 Å². The van der Waals surface area contributed by atoms with Gasteiger partial charge in [0.2, 0.25) is 5.71 Å². The number of nitrogens with zero attached hydrogens (tertiary/aromatic N) is 3. The van der Waals surface area contributed by atoms with Crippen molar-refractivity contribution in [1.82, 2.24) is 10.2 Å². The Morgan fingerprint density at radius 2 is 2.39 bits per heavy atom. The first-order valence-electron chi connectivity index (χ1n) is 4.83. The summed E-state index contributed by atoms with van der Waals surface area (Å²) < 4.78 is 0. The number of aromatic nitrogens is 2. The summed E-state index contributed by atoms with van der Waals surface area (Å²) in [5.74, 6) is -0.403. The second-order valence-corrected chi connectivity index (χ2v) is 3.76. The van der Waals surface area contributed by atoms with Gasteiger partial charge in [-0.05, 0) is 12.1 Å². The topological polar surface area (TPSA) is 127 Å². The molecule has 90 valence electrons. The van der Waals surface area contributed by atoms with Gasteiger partial charge in [-0.3, -0.25) is 15.9 Å². The van der Waals surface area contributed by atoms with Crippen molar-refractivity contribution in [2.75, 3.05) is 5.43 Å². The smallest absolute Gasteiger partial charge is 0.201 e. The fourth-order valence-corrected chi connectivity index (χ4v) is 1.56. The molecule has 0 bridgehead atoms. The maximum absolute atomic E-state index is 8.71. The summed E-state index contributed by atoms with van der Waals surface area (Å²) in [5.41, 5.74) is 8.87. The molecule has 0 saturated heterocycles. The van der Waals surface area contributed by atoms with Crippen molar-refractivity contribution in [3.8, 4) is 6.07 Å². The Hall–Kier alpha value is -2.59. The van der Waals surface area contributed by atoms with E-state index in [1.54, 1.807) is 24.4 Å². The van der Waals surface area contributed by atoms with Crippen LogP contribution in [0.4, 0.5) is 5.69 Å². The van der Waals surface area contributed by atoms with E-state index in [2.05, 4.69) is 20.7 Å². The molecule has 0 aliphatic carbocycles. The van der Waals surface area contributed by atoms with Crippen molar-refractivity contribution < 1.29 is 0 Å². The number of amidine groups is 1. The van der Waals surface area contributed by atoms with Gasteiger partial charge in [-0.15, -0.1) is 0 Å². The van der Waals surface area contributed by atoms with Crippen LogP contribution in [-0.2, 0) is 0 Å². The lowest BCUT2D eigenvalue weighted by Crippen LogP contribution is -2.21. The summed E-state index contributed by atoms with van der Waals surface area (Å²) in [4.78, 5) is 0. The SMILES string of the molecule is N#C/C(=N\Nc1ccc(Cl)c2cn[nH]c12)C(=N)N. The molecule has 1 aromatic carbocycles. The first-order valence-corrected chi connectivity index (χ1v) is 5.21. The molecule has 2 aromatic rings. The van der Waals surface area contributed by atoms with Crippen LogP contribution in [0.25, 0.3) is 10.9 Å². The molecular weight excluding hydrogens is 254 g/mol. The monoisotopic (exact) mass is 261 g/mol. The summed E-state index contributed by atoms with van der Waals surface area (Å²) in [7, 11) is 0. The fourth-order valence-electron chi connectivity index (χ4n) is 1.36. The Morgan fingerprint density at radius 3 is 3.06 bits per heavy atom. The van der Waals surface area contributed by atoms with Gasteiger partial charge in [-0.1, -0.05) is 11.6 Å². The van der Waals surface area contributed by atoms with Gasteiger partial charge >= 0.3 is 0 Å². The van der Waals surface area contributed by atoms with E-state index in [0.717, 1.165) is 5.39 Å². The van der Waals surface area contributed by atoms with Crippen molar-refractivity contribution in [3.63, 3.8) is 0 Å². The molecule has 0 atom stereocenters. The summed E-state index contributed by atoms with van der Waals surface area (Å²) in [6, 6.07) is 5.07. The van der Waals surface area contributed by atoms with Crippen LogP contribution in [0.15, 0.2) is 23.4 Å². The highest BCUT2D eigenvalue weighted by molar-refractivity contribution is 6.45. The van der Waals surface area contributed by atoms with Crippen LogP contribution in [0.3, 0.4) is 0 Å². The van der Waals surface area contributed by atoms with Crippen LogP contribution in [0.5, 0.6) is 0 Å². The molecule has 7 nitrogen and oxygen atoms in total. The third-order valence-electron chi connectivity index (χ3n) is 2.21. The Balaban J connectivity index is 2.39. The molecule has 5 N–H and O–H groups in total. The van der Waals surface area contributed by atoms with E-state index in [-0.39, 0.29) is 5.71 Å². The molecule has 1 heterocycles. The summed E-state index contributed by atoms with van der Waals surface area (Å²) in [6.07, 6.45) is 1.59. The summed E-state index contributed by atoms with van der Waals surface area (Å²) >= 11 is 5.98. The lowest BCUT2D eigenvalue weighted by molar-refractivity contribution is 1.12. The van der Waals surface area contributed by atoms with Gasteiger partial charge in [0.1, 0.15) is 6.07 Å².